The normalized spacial score (nSPS) is 13.4. The van der Waals surface area contributed by atoms with E-state index < -0.39 is 58.8 Å². The van der Waals surface area contributed by atoms with Gasteiger partial charge in [-0.25, -0.2) is 9.47 Å². The van der Waals surface area contributed by atoms with E-state index in [9.17, 15) is 61.9 Å². The summed E-state index contributed by atoms with van der Waals surface area (Å²) in [7, 11) is 2.40. The molecule has 0 aliphatic heterocycles. The van der Waals surface area contributed by atoms with Crippen LogP contribution in [0, 0.1) is 0 Å². The average molecular weight is 666 g/mol. The number of benzene rings is 2. The third kappa shape index (κ3) is 7.68. The third-order valence-corrected chi connectivity index (χ3v) is 5.17. The standard InChI is InChI=1S/C22H15F13N2O5S/c1-39-12-7-4-8-13(40-2)14(12)15(38)37-16(43)36-11-6-3-5-10(9-11)17(23,24)19(27,28)41-20(29,30)18(25,26)21(31,32)42-22(33,34)35/h3-9H,1-2H3,(H2,36,37,38,43). The predicted molar refractivity (Wildman–Crippen MR) is 122 cm³/mol. The summed E-state index contributed by atoms with van der Waals surface area (Å²) in [5, 5.41) is 3.51. The van der Waals surface area contributed by atoms with Gasteiger partial charge in [0.2, 0.25) is 0 Å². The first-order valence-corrected chi connectivity index (χ1v) is 11.1. The Morgan fingerprint density at radius 3 is 1.70 bits per heavy atom. The van der Waals surface area contributed by atoms with Crippen LogP contribution in [0.5, 0.6) is 11.5 Å². The van der Waals surface area contributed by atoms with E-state index in [0.29, 0.717) is 6.07 Å². The van der Waals surface area contributed by atoms with E-state index in [0.717, 1.165) is 6.07 Å². The summed E-state index contributed by atoms with van der Waals surface area (Å²) >= 11 is 4.84. The zero-order valence-electron chi connectivity index (χ0n) is 20.9. The monoisotopic (exact) mass is 666 g/mol. The molecule has 0 saturated heterocycles. The Morgan fingerprint density at radius 2 is 1.21 bits per heavy atom. The van der Waals surface area contributed by atoms with Crippen molar-refractivity contribution in [1.82, 2.24) is 5.32 Å². The lowest BCUT2D eigenvalue weighted by Crippen LogP contribution is -2.61. The third-order valence-electron chi connectivity index (χ3n) is 4.96. The van der Waals surface area contributed by atoms with E-state index in [1.807, 2.05) is 0 Å². The molecule has 2 aromatic carbocycles. The van der Waals surface area contributed by atoms with E-state index in [2.05, 4.69) is 15.4 Å². The van der Waals surface area contributed by atoms with Gasteiger partial charge in [0.15, 0.2) is 5.11 Å². The Hall–Kier alpha value is -3.59. The Bertz CT molecular complexity index is 1320. The number of rotatable bonds is 11. The van der Waals surface area contributed by atoms with Crippen molar-refractivity contribution < 1.29 is 80.8 Å². The number of thiocarbonyl (C=S) groups is 1. The molecule has 0 radical (unpaired) electrons. The highest BCUT2D eigenvalue weighted by Gasteiger charge is 2.80. The summed E-state index contributed by atoms with van der Waals surface area (Å²) < 4.78 is 187. The van der Waals surface area contributed by atoms with Crippen molar-refractivity contribution in [3.8, 4) is 11.5 Å². The van der Waals surface area contributed by atoms with Gasteiger partial charge in [0, 0.05) is 11.3 Å². The molecule has 0 aliphatic carbocycles. The van der Waals surface area contributed by atoms with Gasteiger partial charge < -0.3 is 14.8 Å². The number of alkyl halides is 13. The molecule has 0 bridgehead atoms. The molecule has 21 heteroatoms. The van der Waals surface area contributed by atoms with Crippen molar-refractivity contribution in [2.75, 3.05) is 19.5 Å². The molecule has 43 heavy (non-hydrogen) atoms. The molecular weight excluding hydrogens is 651 g/mol. The van der Waals surface area contributed by atoms with Gasteiger partial charge in [-0.2, -0.15) is 43.9 Å². The van der Waals surface area contributed by atoms with Crippen LogP contribution < -0.4 is 20.1 Å². The SMILES string of the molecule is COc1cccc(OC)c1C(=O)NC(=S)Nc1cccc(C(F)(F)C(F)(F)OC(F)(F)C(F)(F)C(F)(F)OC(F)(F)F)c1. The lowest BCUT2D eigenvalue weighted by Gasteiger charge is -2.35. The number of carbonyl (C=O) groups is 1. The quantitative estimate of drug-likeness (QED) is 0.200. The fourth-order valence-corrected chi connectivity index (χ4v) is 3.24. The largest absolute Gasteiger partial charge is 0.527 e. The summed E-state index contributed by atoms with van der Waals surface area (Å²) in [6.45, 7) is 0. The van der Waals surface area contributed by atoms with Crippen LogP contribution in [0.2, 0.25) is 0 Å². The van der Waals surface area contributed by atoms with Gasteiger partial charge in [-0.3, -0.25) is 10.1 Å². The molecule has 0 fully saturated rings. The predicted octanol–water partition coefficient (Wildman–Crippen LogP) is 6.89. The van der Waals surface area contributed by atoms with Gasteiger partial charge in [0.05, 0.1) is 14.2 Å². The van der Waals surface area contributed by atoms with E-state index in [1.165, 1.54) is 32.4 Å². The van der Waals surface area contributed by atoms with Crippen molar-refractivity contribution >= 4 is 28.9 Å². The van der Waals surface area contributed by atoms with E-state index >= 15 is 0 Å². The maximum atomic E-state index is 14.5. The Morgan fingerprint density at radius 1 is 0.721 bits per heavy atom. The molecular formula is C22H15F13N2O5S. The Kier molecular flexibility index (Phi) is 10.1. The summed E-state index contributed by atoms with van der Waals surface area (Å²) in [5.41, 5.74) is -2.81. The number of halogens is 13. The molecule has 0 aliphatic rings. The first-order valence-electron chi connectivity index (χ1n) is 10.7. The summed E-state index contributed by atoms with van der Waals surface area (Å²) in [6.07, 6.45) is -28.1. The van der Waals surface area contributed by atoms with Crippen LogP contribution in [-0.4, -0.2) is 55.8 Å². The van der Waals surface area contributed by atoms with Crippen molar-refractivity contribution in [1.29, 1.82) is 0 Å². The van der Waals surface area contributed by atoms with Gasteiger partial charge >= 0.3 is 36.5 Å². The van der Waals surface area contributed by atoms with Gasteiger partial charge in [0.25, 0.3) is 5.91 Å². The maximum Gasteiger partial charge on any atom is 0.527 e. The molecule has 7 nitrogen and oxygen atoms in total. The number of carbonyl (C=O) groups excluding carboxylic acids is 1. The highest BCUT2D eigenvalue weighted by molar-refractivity contribution is 7.80. The summed E-state index contributed by atoms with van der Waals surface area (Å²) in [4.78, 5) is 12.6. The first-order chi connectivity index (χ1) is 19.4. The van der Waals surface area contributed by atoms with Crippen molar-refractivity contribution in [2.45, 2.75) is 36.5 Å². The van der Waals surface area contributed by atoms with Crippen molar-refractivity contribution in [3.63, 3.8) is 0 Å². The fourth-order valence-electron chi connectivity index (χ4n) is 3.03. The topological polar surface area (TPSA) is 78.1 Å². The number of nitrogens with one attached hydrogen (secondary N) is 2. The van der Waals surface area contributed by atoms with Crippen LogP contribution in [0.3, 0.4) is 0 Å². The van der Waals surface area contributed by atoms with Crippen LogP contribution in [0.1, 0.15) is 15.9 Å². The minimum atomic E-state index is -7.55. The van der Waals surface area contributed by atoms with E-state index in [-0.39, 0.29) is 29.2 Å². The van der Waals surface area contributed by atoms with Crippen LogP contribution in [0.15, 0.2) is 42.5 Å². The number of amides is 1. The van der Waals surface area contributed by atoms with Crippen molar-refractivity contribution in [3.05, 3.63) is 53.6 Å². The summed E-state index contributed by atoms with van der Waals surface area (Å²) in [5.74, 6) is -14.6. The highest BCUT2D eigenvalue weighted by Crippen LogP contribution is 2.54. The van der Waals surface area contributed by atoms with Crippen LogP contribution >= 0.6 is 12.2 Å². The minimum absolute atomic E-state index is 0.00590. The maximum absolute atomic E-state index is 14.5. The van der Waals surface area contributed by atoms with E-state index in [4.69, 9.17) is 21.7 Å². The van der Waals surface area contributed by atoms with Crippen LogP contribution in [-0.2, 0) is 15.4 Å². The number of anilines is 1. The lowest BCUT2D eigenvalue weighted by molar-refractivity contribution is -0.535. The fraction of sp³-hybridized carbons (Fsp3) is 0.364. The van der Waals surface area contributed by atoms with Crippen LogP contribution in [0.25, 0.3) is 0 Å². The number of hydrogen-bond donors (Lipinski definition) is 2. The zero-order chi connectivity index (χ0) is 33.2. The first kappa shape index (κ1) is 35.6. The molecule has 240 valence electrons. The van der Waals surface area contributed by atoms with Gasteiger partial charge in [-0.05, 0) is 36.5 Å². The molecule has 2 rings (SSSR count). The Balaban J connectivity index is 2.29. The molecule has 0 aromatic heterocycles. The molecule has 0 atom stereocenters. The lowest BCUT2D eigenvalue weighted by atomic mass is 10.1. The molecule has 2 aromatic rings. The second kappa shape index (κ2) is 12.2. The van der Waals surface area contributed by atoms with Gasteiger partial charge in [-0.1, -0.05) is 18.2 Å². The molecule has 2 N–H and O–H groups in total. The minimum Gasteiger partial charge on any atom is -0.496 e. The smallest absolute Gasteiger partial charge is 0.496 e. The Labute approximate surface area is 236 Å². The molecule has 0 heterocycles. The molecule has 0 unspecified atom stereocenters. The number of hydrogen-bond acceptors (Lipinski definition) is 6. The number of ether oxygens (including phenoxy) is 4. The van der Waals surface area contributed by atoms with Gasteiger partial charge in [0.1, 0.15) is 17.1 Å². The number of methoxy groups -OCH3 is 2. The second-order valence-corrected chi connectivity index (χ2v) is 8.28. The van der Waals surface area contributed by atoms with Gasteiger partial charge in [-0.15, -0.1) is 13.2 Å². The zero-order valence-corrected chi connectivity index (χ0v) is 21.7. The van der Waals surface area contributed by atoms with Crippen molar-refractivity contribution in [2.24, 2.45) is 0 Å². The molecule has 1 amide bonds. The second-order valence-electron chi connectivity index (χ2n) is 7.88. The summed E-state index contributed by atoms with van der Waals surface area (Å²) in [6, 6.07) is 5.80. The molecule has 0 saturated carbocycles. The average Bonchev–Trinajstić information content (AvgIpc) is 2.85. The molecule has 0 spiro atoms. The highest BCUT2D eigenvalue weighted by atomic mass is 32.1. The van der Waals surface area contributed by atoms with E-state index in [1.54, 1.807) is 4.74 Å². The van der Waals surface area contributed by atoms with Crippen LogP contribution in [0.4, 0.5) is 62.8 Å².